The molecule has 0 saturated heterocycles. The van der Waals surface area contributed by atoms with Crippen molar-refractivity contribution in [3.05, 3.63) is 53.5 Å². The highest BCUT2D eigenvalue weighted by atomic mass is 127. The van der Waals surface area contributed by atoms with Gasteiger partial charge in [-0.2, -0.15) is 0 Å². The third kappa shape index (κ3) is 4.74. The Balaban J connectivity index is 1.90. The highest BCUT2D eigenvalue weighted by Crippen LogP contribution is 2.35. The number of hydrogen-bond acceptors (Lipinski definition) is 4. The zero-order valence-electron chi connectivity index (χ0n) is 16.7. The second-order valence-electron chi connectivity index (χ2n) is 8.03. The first-order chi connectivity index (χ1) is 12.9. The average Bonchev–Trinajstić information content (AvgIpc) is 3.05. The minimum Gasteiger partial charge on any atom is -0.384 e. The van der Waals surface area contributed by atoms with Crippen LogP contribution in [0, 0.1) is 11.8 Å². The van der Waals surface area contributed by atoms with E-state index in [1.807, 2.05) is 24.4 Å². The zero-order chi connectivity index (χ0) is 19.4. The number of aromatic nitrogens is 2. The summed E-state index contributed by atoms with van der Waals surface area (Å²) in [5.74, 6) is 2.06. The molecule has 2 N–H and O–H groups in total. The molecular formula is C22H30IN3O. The number of fused-ring (bicyclic) bond motifs is 1. The highest BCUT2D eigenvalue weighted by Gasteiger charge is 2.32. The first-order valence-electron chi connectivity index (χ1n) is 9.85. The number of nitrogens with one attached hydrogen (secondary N) is 1. The fourth-order valence-electron chi connectivity index (χ4n) is 4.02. The van der Waals surface area contributed by atoms with E-state index in [0.29, 0.717) is 11.8 Å². The first kappa shape index (κ1) is 20.4. The zero-order valence-corrected chi connectivity index (χ0v) is 18.8. The van der Waals surface area contributed by atoms with E-state index in [1.165, 1.54) is 3.51 Å². The van der Waals surface area contributed by atoms with Gasteiger partial charge in [-0.3, -0.25) is 0 Å². The summed E-state index contributed by atoms with van der Waals surface area (Å²) >= 11 is -0.359. The lowest BCUT2D eigenvalue weighted by Gasteiger charge is -2.31. The summed E-state index contributed by atoms with van der Waals surface area (Å²) in [5.41, 5.74) is 2.08. The van der Waals surface area contributed by atoms with Crippen LogP contribution in [0.2, 0.25) is 0 Å². The molecule has 2 aromatic rings. The van der Waals surface area contributed by atoms with Crippen molar-refractivity contribution in [2.24, 2.45) is 11.8 Å². The number of rotatable bonds is 8. The van der Waals surface area contributed by atoms with Crippen molar-refractivity contribution in [3.63, 3.8) is 0 Å². The minimum atomic E-state index is -0.859. The predicted octanol–water partition coefficient (Wildman–Crippen LogP) is 5.42. The number of anilines is 1. The van der Waals surface area contributed by atoms with Crippen LogP contribution in [0.3, 0.4) is 0 Å². The Morgan fingerprint density at radius 2 is 2.00 bits per heavy atom. The molecule has 0 saturated carbocycles. The number of aliphatic hydroxyl groups is 1. The van der Waals surface area contributed by atoms with Crippen LogP contribution in [0.5, 0.6) is 0 Å². The molecule has 0 aliphatic carbocycles. The molecule has 4 nitrogen and oxygen atoms in total. The molecule has 0 fully saturated rings. The molecule has 5 heteroatoms. The molecule has 0 bridgehead atoms. The molecule has 3 rings (SSSR count). The lowest BCUT2D eigenvalue weighted by atomic mass is 9.81. The summed E-state index contributed by atoms with van der Waals surface area (Å²) in [6.07, 6.45) is 5.38. The first-order valence-corrected chi connectivity index (χ1v) is 12.0. The van der Waals surface area contributed by atoms with Gasteiger partial charge in [-0.05, 0) is 55.4 Å². The number of nitrogens with zero attached hydrogens (tertiary/aromatic N) is 2. The largest absolute Gasteiger partial charge is 0.384 e. The van der Waals surface area contributed by atoms with Crippen LogP contribution in [0.4, 0.5) is 5.82 Å². The van der Waals surface area contributed by atoms with Crippen molar-refractivity contribution in [2.75, 3.05) is 3.53 Å². The van der Waals surface area contributed by atoms with Gasteiger partial charge in [0.05, 0.1) is 14.9 Å². The SMILES string of the molecule is CCCC(O)(C[C@@H](C)CC(C)C)c1cccc(C2=INc3ncccc32)n1. The Morgan fingerprint density at radius 1 is 1.19 bits per heavy atom. The molecule has 0 aromatic carbocycles. The van der Waals surface area contributed by atoms with E-state index in [0.717, 1.165) is 48.5 Å². The lowest BCUT2D eigenvalue weighted by Crippen LogP contribution is -2.30. The maximum atomic E-state index is 11.5. The Morgan fingerprint density at radius 3 is 2.74 bits per heavy atom. The van der Waals surface area contributed by atoms with Gasteiger partial charge in [0, 0.05) is 32.8 Å². The molecule has 1 aliphatic heterocycles. The van der Waals surface area contributed by atoms with Crippen LogP contribution in [0.25, 0.3) is 0 Å². The number of hydrogen-bond donors (Lipinski definition) is 2. The summed E-state index contributed by atoms with van der Waals surface area (Å²) < 4.78 is 4.70. The maximum Gasteiger partial charge on any atom is 0.142 e. The summed E-state index contributed by atoms with van der Waals surface area (Å²) in [4.78, 5) is 9.37. The van der Waals surface area contributed by atoms with Gasteiger partial charge in [0.1, 0.15) is 11.4 Å². The van der Waals surface area contributed by atoms with E-state index in [9.17, 15) is 5.11 Å². The van der Waals surface area contributed by atoms with Crippen LogP contribution in [0.1, 0.15) is 70.3 Å². The molecule has 27 heavy (non-hydrogen) atoms. The van der Waals surface area contributed by atoms with Crippen LogP contribution in [-0.4, -0.2) is 18.6 Å². The Kier molecular flexibility index (Phi) is 6.63. The molecule has 0 amide bonds. The van der Waals surface area contributed by atoms with Gasteiger partial charge in [-0.1, -0.05) is 40.2 Å². The van der Waals surface area contributed by atoms with E-state index in [2.05, 4.69) is 48.3 Å². The molecule has 146 valence electrons. The van der Waals surface area contributed by atoms with Gasteiger partial charge in [-0.15, -0.1) is 0 Å². The van der Waals surface area contributed by atoms with Crippen molar-refractivity contribution < 1.29 is 5.11 Å². The summed E-state index contributed by atoms with van der Waals surface area (Å²) in [6, 6.07) is 10.2. The molecule has 3 heterocycles. The van der Waals surface area contributed by atoms with E-state index in [1.54, 1.807) is 0 Å². The van der Waals surface area contributed by atoms with Crippen molar-refractivity contribution in [2.45, 2.75) is 59.0 Å². The smallest absolute Gasteiger partial charge is 0.142 e. The van der Waals surface area contributed by atoms with E-state index in [4.69, 9.17) is 4.98 Å². The summed E-state index contributed by atoms with van der Waals surface area (Å²) in [7, 11) is 0. The molecular weight excluding hydrogens is 449 g/mol. The van der Waals surface area contributed by atoms with Gasteiger partial charge >= 0.3 is 0 Å². The molecule has 1 aliphatic rings. The van der Waals surface area contributed by atoms with Gasteiger partial charge in [0.2, 0.25) is 0 Å². The third-order valence-electron chi connectivity index (χ3n) is 4.95. The van der Waals surface area contributed by atoms with Crippen molar-refractivity contribution >= 4 is 30.3 Å². The second kappa shape index (κ2) is 8.78. The Hall–Kier alpha value is -1.34. The van der Waals surface area contributed by atoms with Crippen LogP contribution < -0.4 is 3.53 Å². The average molecular weight is 479 g/mol. The number of pyridine rings is 2. The van der Waals surface area contributed by atoms with Gasteiger partial charge in [-0.25, -0.2) is 9.97 Å². The van der Waals surface area contributed by atoms with Crippen LogP contribution >= 0.6 is 21.0 Å². The quantitative estimate of drug-likeness (QED) is 0.393. The molecule has 0 spiro atoms. The summed E-state index contributed by atoms with van der Waals surface area (Å²) in [6.45, 7) is 8.86. The topological polar surface area (TPSA) is 58.0 Å². The third-order valence-corrected chi connectivity index (χ3v) is 7.40. The van der Waals surface area contributed by atoms with Crippen LogP contribution in [-0.2, 0) is 5.60 Å². The fourth-order valence-corrected chi connectivity index (χ4v) is 6.27. The highest BCUT2D eigenvalue weighted by molar-refractivity contribution is 14.2. The van der Waals surface area contributed by atoms with E-state index >= 15 is 0 Å². The monoisotopic (exact) mass is 479 g/mol. The van der Waals surface area contributed by atoms with Gasteiger partial charge in [0.15, 0.2) is 0 Å². The normalized spacial score (nSPS) is 16.7. The van der Waals surface area contributed by atoms with Gasteiger partial charge in [0.25, 0.3) is 0 Å². The van der Waals surface area contributed by atoms with E-state index < -0.39 is 5.60 Å². The fraction of sp³-hybridized carbons (Fsp3) is 0.500. The van der Waals surface area contributed by atoms with E-state index in [-0.39, 0.29) is 21.0 Å². The molecule has 2 aromatic heterocycles. The second-order valence-corrected chi connectivity index (χ2v) is 10.2. The lowest BCUT2D eigenvalue weighted by molar-refractivity contribution is -0.00257. The standard InChI is InChI=1S/C22H30IN3O/c1-5-11-22(27,14-16(4)13-15(2)3)19-10-6-9-18(25-19)20-17-8-7-12-24-21(17)26-23-20/h6-10,12,15-16,27H,5,11,13-14H2,1-4H3,(H,24,26)/t16-,22?/m0/s1. The van der Waals surface area contributed by atoms with Crippen LogP contribution in [0.15, 0.2) is 36.5 Å². The van der Waals surface area contributed by atoms with Crippen molar-refractivity contribution in [1.82, 2.24) is 9.97 Å². The maximum absolute atomic E-state index is 11.5. The molecule has 2 atom stereocenters. The molecule has 0 radical (unpaired) electrons. The summed E-state index contributed by atoms with van der Waals surface area (Å²) in [5, 5.41) is 11.5. The predicted molar refractivity (Wildman–Crippen MR) is 121 cm³/mol. The Bertz CT molecular complexity index is 821. The number of halogens is 1. The Labute approximate surface area is 172 Å². The molecule has 1 unspecified atom stereocenters. The van der Waals surface area contributed by atoms with Gasteiger partial charge < -0.3 is 8.64 Å². The van der Waals surface area contributed by atoms with Crippen molar-refractivity contribution in [3.8, 4) is 0 Å². The van der Waals surface area contributed by atoms with Crippen molar-refractivity contribution in [1.29, 1.82) is 0 Å². The minimum absolute atomic E-state index is 0.359.